The number of nitrogens with zero attached hydrogens (tertiary/aromatic N) is 2. The number of aliphatic imine (C=N–C) groups is 2. The van der Waals surface area contributed by atoms with Gasteiger partial charge in [0, 0.05) is 35.0 Å². The summed E-state index contributed by atoms with van der Waals surface area (Å²) in [6.07, 6.45) is -7.34. The van der Waals surface area contributed by atoms with Gasteiger partial charge in [-0.15, -0.1) is 11.3 Å². The number of furan rings is 1. The molecule has 0 spiro atoms. The number of rotatable bonds is 5. The Bertz CT molecular complexity index is 1970. The van der Waals surface area contributed by atoms with Crippen molar-refractivity contribution in [1.82, 2.24) is 15.6 Å². The summed E-state index contributed by atoms with van der Waals surface area (Å²) in [5, 5.41) is 6.95. The van der Waals surface area contributed by atoms with Gasteiger partial charge in [0.25, 0.3) is 0 Å². The summed E-state index contributed by atoms with van der Waals surface area (Å²) in [7, 11) is 0. The van der Waals surface area contributed by atoms with Crippen LogP contribution in [0.1, 0.15) is 11.1 Å². The number of hydrogen-bond donors (Lipinski definition) is 3. The highest BCUT2D eigenvalue weighted by molar-refractivity contribution is 7.18. The van der Waals surface area contributed by atoms with Crippen molar-refractivity contribution in [1.29, 1.82) is 0 Å². The Labute approximate surface area is 249 Å². The lowest BCUT2D eigenvalue weighted by atomic mass is 10.1. The van der Waals surface area contributed by atoms with E-state index in [9.17, 15) is 26.7 Å². The molecule has 14 heteroatoms. The molecular weight excluding hydrogens is 605 g/mol. The molecule has 3 N–H and O–H groups in total. The lowest BCUT2D eigenvalue weighted by Crippen LogP contribution is -2.37. The molecule has 0 aliphatic carbocycles. The van der Waals surface area contributed by atoms with Gasteiger partial charge in [-0.2, -0.15) is 13.2 Å². The second kappa shape index (κ2) is 10.8. The molecule has 3 aromatic heterocycles. The third-order valence-corrected chi connectivity index (χ3v) is 8.33. The number of esters is 1. The maximum Gasteiger partial charge on any atom is 0.491 e. The van der Waals surface area contributed by atoms with Crippen molar-refractivity contribution in [3.63, 3.8) is 0 Å². The second-order valence-corrected chi connectivity index (χ2v) is 11.4. The number of thiophene rings is 1. The number of halogens is 5. The fourth-order valence-electron chi connectivity index (χ4n) is 5.08. The maximum atomic E-state index is 13.5. The first-order valence-corrected chi connectivity index (χ1v) is 14.4. The predicted molar refractivity (Wildman–Crippen MR) is 157 cm³/mol. The third kappa shape index (κ3) is 5.29. The number of H-pyrrole nitrogens is 1. The average Bonchev–Trinajstić information content (AvgIpc) is 3.74. The van der Waals surface area contributed by atoms with Crippen molar-refractivity contribution in [2.75, 3.05) is 26.2 Å². The lowest BCUT2D eigenvalue weighted by Gasteiger charge is -2.17. The van der Waals surface area contributed by atoms with E-state index in [1.807, 2.05) is 18.2 Å². The summed E-state index contributed by atoms with van der Waals surface area (Å²) in [6.45, 7) is 0.353. The minimum Gasteiger partial charge on any atom is -0.455 e. The largest absolute Gasteiger partial charge is 0.491 e. The van der Waals surface area contributed by atoms with Crippen LogP contribution in [0.15, 0.2) is 69.0 Å². The van der Waals surface area contributed by atoms with E-state index < -0.39 is 24.5 Å². The van der Waals surface area contributed by atoms with Crippen molar-refractivity contribution < 1.29 is 35.9 Å². The van der Waals surface area contributed by atoms with E-state index in [1.165, 1.54) is 17.4 Å². The van der Waals surface area contributed by atoms with Gasteiger partial charge in [-0.1, -0.05) is 18.2 Å². The second-order valence-electron chi connectivity index (χ2n) is 10.3. The van der Waals surface area contributed by atoms with Gasteiger partial charge in [0.1, 0.15) is 41.1 Å². The number of alkyl halides is 5. The smallest absolute Gasteiger partial charge is 0.455 e. The highest BCUT2D eigenvalue weighted by Gasteiger charge is 2.42. The molecule has 2 unspecified atom stereocenters. The van der Waals surface area contributed by atoms with Crippen LogP contribution in [0.3, 0.4) is 0 Å². The molecule has 0 saturated heterocycles. The van der Waals surface area contributed by atoms with E-state index in [0.717, 1.165) is 10.9 Å². The fraction of sp³-hybridized carbons (Fsp3) is 0.233. The van der Waals surface area contributed by atoms with Gasteiger partial charge in [-0.05, 0) is 36.4 Å². The molecule has 7 rings (SSSR count). The van der Waals surface area contributed by atoms with Crippen molar-refractivity contribution in [3.8, 4) is 27.0 Å². The van der Waals surface area contributed by atoms with Crippen LogP contribution < -0.4 is 15.4 Å². The van der Waals surface area contributed by atoms with E-state index in [0.29, 0.717) is 43.8 Å². The van der Waals surface area contributed by atoms with E-state index >= 15 is 0 Å². The molecule has 2 atom stereocenters. The van der Waals surface area contributed by atoms with Gasteiger partial charge >= 0.3 is 12.1 Å². The number of carbonyl (C=O) groups is 1. The number of amidine groups is 2. The quantitative estimate of drug-likeness (QED) is 0.160. The summed E-state index contributed by atoms with van der Waals surface area (Å²) >= 11 is 1.23. The van der Waals surface area contributed by atoms with E-state index in [4.69, 9.17) is 9.15 Å². The minimum atomic E-state index is -5.20. The van der Waals surface area contributed by atoms with Gasteiger partial charge in [0.2, 0.25) is 0 Å². The molecule has 2 aliphatic heterocycles. The minimum absolute atomic E-state index is 0.00291. The van der Waals surface area contributed by atoms with Crippen molar-refractivity contribution >= 4 is 50.8 Å². The summed E-state index contributed by atoms with van der Waals surface area (Å²) in [4.78, 5) is 24.6. The predicted octanol–water partition coefficient (Wildman–Crippen LogP) is 6.15. The molecule has 44 heavy (non-hydrogen) atoms. The Kier molecular flexibility index (Phi) is 6.87. The van der Waals surface area contributed by atoms with Gasteiger partial charge in [-0.25, -0.2) is 13.6 Å². The topological polar surface area (TPSA) is 104 Å². The van der Waals surface area contributed by atoms with Gasteiger partial charge in [0.15, 0.2) is 5.75 Å². The third-order valence-electron chi connectivity index (χ3n) is 7.22. The lowest BCUT2D eigenvalue weighted by molar-refractivity contribution is -0.189. The molecule has 2 aliphatic rings. The SMILES string of the molecule is O=C(Oc1c(-c2ccc(-c3cc4ccc(C5=NCC(F)CN5)cc4o3)s2)[nH]c2cc(C3=NCC(F)CN3)ccc12)C(F)(F)F. The van der Waals surface area contributed by atoms with Crippen LogP contribution in [0.25, 0.3) is 43.1 Å². The first kappa shape index (κ1) is 28.1. The summed E-state index contributed by atoms with van der Waals surface area (Å²) in [5.41, 5.74) is 2.51. The Morgan fingerprint density at radius 2 is 1.55 bits per heavy atom. The molecule has 2 aromatic carbocycles. The van der Waals surface area contributed by atoms with E-state index in [1.54, 1.807) is 30.3 Å². The fourth-order valence-corrected chi connectivity index (χ4v) is 6.03. The highest BCUT2D eigenvalue weighted by atomic mass is 32.1. The van der Waals surface area contributed by atoms with Crippen LogP contribution in [-0.4, -0.2) is 67.3 Å². The number of fused-ring (bicyclic) bond motifs is 2. The summed E-state index contributed by atoms with van der Waals surface area (Å²) in [5.74, 6) is -1.06. The zero-order valence-corrected chi connectivity index (χ0v) is 23.4. The molecule has 226 valence electrons. The molecule has 0 amide bonds. The van der Waals surface area contributed by atoms with Gasteiger partial charge < -0.3 is 24.8 Å². The van der Waals surface area contributed by atoms with Crippen molar-refractivity contribution in [3.05, 3.63) is 65.7 Å². The molecular formula is C30H22F5N5O3S. The van der Waals surface area contributed by atoms with Gasteiger partial charge in [-0.3, -0.25) is 9.98 Å². The van der Waals surface area contributed by atoms with Crippen LogP contribution in [0.4, 0.5) is 22.0 Å². The highest BCUT2D eigenvalue weighted by Crippen LogP contribution is 2.44. The molecule has 0 saturated carbocycles. The van der Waals surface area contributed by atoms with E-state index in [-0.39, 0.29) is 43.0 Å². The zero-order valence-electron chi connectivity index (χ0n) is 22.6. The average molecular weight is 628 g/mol. The molecule has 0 fully saturated rings. The number of carbonyl (C=O) groups excluding carboxylic acids is 1. The van der Waals surface area contributed by atoms with Crippen LogP contribution in [0.2, 0.25) is 0 Å². The zero-order chi connectivity index (χ0) is 30.6. The summed E-state index contributed by atoms with van der Waals surface area (Å²) in [6, 6.07) is 15.6. The molecule has 8 nitrogen and oxygen atoms in total. The van der Waals surface area contributed by atoms with Crippen molar-refractivity contribution in [2.45, 2.75) is 18.5 Å². The number of aromatic nitrogens is 1. The molecule has 5 heterocycles. The van der Waals surface area contributed by atoms with Crippen molar-refractivity contribution in [2.24, 2.45) is 9.98 Å². The maximum absolute atomic E-state index is 13.5. The van der Waals surface area contributed by atoms with E-state index in [2.05, 4.69) is 25.6 Å². The molecule has 0 radical (unpaired) electrons. The number of benzene rings is 2. The van der Waals surface area contributed by atoms with Crippen LogP contribution in [-0.2, 0) is 4.79 Å². The monoisotopic (exact) mass is 627 g/mol. The number of aromatic amines is 1. The first-order valence-electron chi connectivity index (χ1n) is 13.6. The Morgan fingerprint density at radius 1 is 0.886 bits per heavy atom. The number of nitrogens with one attached hydrogen (secondary N) is 3. The molecule has 5 aromatic rings. The Morgan fingerprint density at radius 3 is 2.20 bits per heavy atom. The standard InChI is InChI=1S/C30H22F5N5O3S/c31-17-10-36-27(37-11-17)15-3-4-19-20(7-15)40-25(26(19)43-29(41)30(33,34)35)24-6-5-23(44-24)22-8-14-1-2-16(9-21(14)42-22)28-38-12-18(32)13-39-28/h1-9,17-18,40H,10-13H2,(H,36,37)(H,38,39). The Balaban J connectivity index is 1.25. The normalized spacial score (nSPS) is 18.9. The number of ether oxygens (including phenoxy) is 1. The summed E-state index contributed by atoms with van der Waals surface area (Å²) < 4.78 is 77.7. The van der Waals surface area contributed by atoms with Gasteiger partial charge in [0.05, 0.1) is 28.4 Å². The number of hydrogen-bond acceptors (Lipinski definition) is 8. The van der Waals surface area contributed by atoms with Crippen LogP contribution >= 0.6 is 11.3 Å². The Hall–Kier alpha value is -4.72. The molecule has 0 bridgehead atoms. The van der Waals surface area contributed by atoms with Crippen LogP contribution in [0, 0.1) is 0 Å². The van der Waals surface area contributed by atoms with Crippen LogP contribution in [0.5, 0.6) is 5.75 Å². The first-order chi connectivity index (χ1) is 21.1.